The molecule has 1 saturated heterocycles. The SMILES string of the molecule is O=C1CN(CCNc2nc(O)c(C(Cc3ccc(C(F)(F)F)cc3C(F)(F)F)=c3ccc4c(c3)C=NN=4)s2)CCN1. The van der Waals surface area contributed by atoms with Crippen LogP contribution in [0, 0.1) is 0 Å². The number of nitrogens with zero attached hydrogens (tertiary/aromatic N) is 4. The van der Waals surface area contributed by atoms with Crippen molar-refractivity contribution >= 4 is 34.2 Å². The molecule has 0 bridgehead atoms. The molecule has 41 heavy (non-hydrogen) atoms. The van der Waals surface area contributed by atoms with Crippen molar-refractivity contribution in [2.75, 3.05) is 38.0 Å². The number of carbonyl (C=O) groups is 1. The van der Waals surface area contributed by atoms with E-state index in [1.54, 1.807) is 18.2 Å². The van der Waals surface area contributed by atoms with Crippen molar-refractivity contribution in [3.63, 3.8) is 0 Å². The smallest absolute Gasteiger partial charge is 0.416 e. The van der Waals surface area contributed by atoms with E-state index in [-0.39, 0.29) is 34.1 Å². The van der Waals surface area contributed by atoms with Crippen LogP contribution in [-0.2, 0) is 23.6 Å². The molecule has 1 aromatic heterocycles. The lowest BCUT2D eigenvalue weighted by molar-refractivity contribution is -0.143. The maximum absolute atomic E-state index is 13.9. The fourth-order valence-electron chi connectivity index (χ4n) is 4.55. The minimum absolute atomic E-state index is 0.0849. The number of halogens is 6. The number of carbonyl (C=O) groups excluding carboxylic acids is 1. The number of anilines is 1. The van der Waals surface area contributed by atoms with Crippen LogP contribution in [0.3, 0.4) is 0 Å². The van der Waals surface area contributed by atoms with E-state index in [2.05, 4.69) is 25.8 Å². The second-order valence-electron chi connectivity index (χ2n) is 9.37. The van der Waals surface area contributed by atoms with Gasteiger partial charge in [-0.2, -0.15) is 41.5 Å². The second kappa shape index (κ2) is 11.1. The largest absolute Gasteiger partial charge is 0.492 e. The minimum atomic E-state index is -5.06. The van der Waals surface area contributed by atoms with Gasteiger partial charge in [-0.05, 0) is 40.6 Å². The van der Waals surface area contributed by atoms with Gasteiger partial charge in [0.25, 0.3) is 0 Å². The van der Waals surface area contributed by atoms with E-state index in [9.17, 15) is 36.2 Å². The van der Waals surface area contributed by atoms with Crippen LogP contribution in [0.2, 0.25) is 0 Å². The number of aromatic nitrogens is 1. The quantitative estimate of drug-likeness (QED) is 0.364. The Morgan fingerprint density at radius 3 is 2.63 bits per heavy atom. The van der Waals surface area contributed by atoms with Gasteiger partial charge in [-0.1, -0.05) is 23.5 Å². The Hall–Kier alpha value is -3.98. The molecule has 0 unspecified atom stereocenters. The number of nitrogens with one attached hydrogen (secondary N) is 2. The van der Waals surface area contributed by atoms with Crippen LogP contribution in [-0.4, -0.2) is 59.8 Å². The molecule has 0 spiro atoms. The van der Waals surface area contributed by atoms with Crippen LogP contribution < -0.4 is 21.2 Å². The van der Waals surface area contributed by atoms with E-state index < -0.39 is 41.3 Å². The fourth-order valence-corrected chi connectivity index (χ4v) is 5.50. The molecule has 5 rings (SSSR count). The van der Waals surface area contributed by atoms with Crippen molar-refractivity contribution < 1.29 is 36.2 Å². The van der Waals surface area contributed by atoms with E-state index >= 15 is 0 Å². The fraction of sp³-hybridized carbons (Fsp3) is 0.308. The summed E-state index contributed by atoms with van der Waals surface area (Å²) in [5.41, 5.74) is -2.41. The first kappa shape index (κ1) is 28.5. The highest BCUT2D eigenvalue weighted by Gasteiger charge is 2.38. The molecule has 2 aliphatic rings. The van der Waals surface area contributed by atoms with Gasteiger partial charge in [0.05, 0.1) is 34.1 Å². The number of benzene rings is 2. The van der Waals surface area contributed by atoms with Crippen LogP contribution in [0.4, 0.5) is 31.5 Å². The van der Waals surface area contributed by atoms with Gasteiger partial charge in [0.1, 0.15) is 0 Å². The number of hydrogen-bond donors (Lipinski definition) is 3. The number of rotatable bonds is 7. The normalized spacial score (nSPS) is 16.3. The molecule has 1 fully saturated rings. The Labute approximate surface area is 232 Å². The zero-order valence-corrected chi connectivity index (χ0v) is 21.9. The second-order valence-corrected chi connectivity index (χ2v) is 10.4. The van der Waals surface area contributed by atoms with Gasteiger partial charge in [-0.3, -0.25) is 9.69 Å². The number of piperazine rings is 1. The van der Waals surface area contributed by atoms with Gasteiger partial charge >= 0.3 is 12.4 Å². The number of aromatic hydroxyl groups is 1. The van der Waals surface area contributed by atoms with E-state index in [1.165, 1.54) is 6.21 Å². The molecule has 216 valence electrons. The molecule has 3 N–H and O–H groups in total. The highest BCUT2D eigenvalue weighted by atomic mass is 32.1. The Bertz CT molecular complexity index is 1630. The number of fused-ring (bicyclic) bond motifs is 1. The number of amides is 1. The first-order chi connectivity index (χ1) is 19.4. The van der Waals surface area contributed by atoms with Crippen molar-refractivity contribution in [2.24, 2.45) is 10.2 Å². The van der Waals surface area contributed by atoms with E-state index in [1.807, 2.05) is 4.90 Å². The van der Waals surface area contributed by atoms with Crippen LogP contribution in [0.25, 0.3) is 5.57 Å². The third-order valence-electron chi connectivity index (χ3n) is 6.55. The Morgan fingerprint density at radius 1 is 1.10 bits per heavy atom. The topological polar surface area (TPSA) is 102 Å². The molecule has 1 amide bonds. The third kappa shape index (κ3) is 6.51. The van der Waals surface area contributed by atoms with Gasteiger partial charge in [0.2, 0.25) is 11.8 Å². The highest BCUT2D eigenvalue weighted by molar-refractivity contribution is 7.16. The molecule has 3 heterocycles. The van der Waals surface area contributed by atoms with Gasteiger partial charge in [0, 0.05) is 38.2 Å². The number of hydrogen-bond acceptors (Lipinski definition) is 8. The maximum atomic E-state index is 13.9. The van der Waals surface area contributed by atoms with Gasteiger partial charge in [0.15, 0.2) is 5.13 Å². The van der Waals surface area contributed by atoms with Crippen molar-refractivity contribution in [1.29, 1.82) is 0 Å². The zero-order chi connectivity index (χ0) is 29.4. The van der Waals surface area contributed by atoms with E-state index in [0.29, 0.717) is 48.4 Å². The Kier molecular flexibility index (Phi) is 7.74. The van der Waals surface area contributed by atoms with Crippen molar-refractivity contribution in [1.82, 2.24) is 15.2 Å². The Morgan fingerprint density at radius 2 is 1.90 bits per heavy atom. The molecule has 15 heteroatoms. The summed E-state index contributed by atoms with van der Waals surface area (Å²) in [6.45, 7) is 2.33. The van der Waals surface area contributed by atoms with Crippen LogP contribution in [0.15, 0.2) is 46.6 Å². The number of alkyl halides is 6. The summed E-state index contributed by atoms with van der Waals surface area (Å²) in [5.74, 6) is -0.525. The van der Waals surface area contributed by atoms with Crippen molar-refractivity contribution in [3.8, 4) is 5.88 Å². The molecule has 0 radical (unpaired) electrons. The average Bonchev–Trinajstić information content (AvgIpc) is 3.52. The van der Waals surface area contributed by atoms with E-state index in [0.717, 1.165) is 17.4 Å². The van der Waals surface area contributed by atoms with Crippen LogP contribution >= 0.6 is 11.3 Å². The molecule has 0 saturated carbocycles. The predicted octanol–water partition coefficient (Wildman–Crippen LogP) is 3.14. The third-order valence-corrected chi connectivity index (χ3v) is 7.62. The molecular weight excluding hydrogens is 574 g/mol. The Balaban J connectivity index is 1.52. The first-order valence-corrected chi connectivity index (χ1v) is 13.1. The van der Waals surface area contributed by atoms with Crippen molar-refractivity contribution in [2.45, 2.75) is 18.8 Å². The predicted molar refractivity (Wildman–Crippen MR) is 139 cm³/mol. The van der Waals surface area contributed by atoms with Gasteiger partial charge in [-0.25, -0.2) is 0 Å². The summed E-state index contributed by atoms with van der Waals surface area (Å²) >= 11 is 0.997. The summed E-state index contributed by atoms with van der Waals surface area (Å²) in [6.07, 6.45) is -8.99. The molecule has 3 aromatic rings. The summed E-state index contributed by atoms with van der Waals surface area (Å²) in [5, 5.41) is 25.6. The van der Waals surface area contributed by atoms with Crippen LogP contribution in [0.5, 0.6) is 5.88 Å². The average molecular weight is 597 g/mol. The highest BCUT2D eigenvalue weighted by Crippen LogP contribution is 2.40. The maximum Gasteiger partial charge on any atom is 0.416 e. The molecule has 8 nitrogen and oxygen atoms in total. The number of thiazole rings is 1. The summed E-state index contributed by atoms with van der Waals surface area (Å²) in [4.78, 5) is 17.8. The van der Waals surface area contributed by atoms with Gasteiger partial charge in [-0.15, -0.1) is 0 Å². The lowest BCUT2D eigenvalue weighted by Gasteiger charge is -2.26. The first-order valence-electron chi connectivity index (χ1n) is 12.3. The molecule has 2 aliphatic heterocycles. The lowest BCUT2D eigenvalue weighted by Crippen LogP contribution is -2.48. The molecule has 0 aliphatic carbocycles. The van der Waals surface area contributed by atoms with Crippen molar-refractivity contribution in [3.05, 3.63) is 74.1 Å². The molecular formula is C26H22F6N6O2S. The summed E-state index contributed by atoms with van der Waals surface area (Å²) in [7, 11) is 0. The lowest BCUT2D eigenvalue weighted by atomic mass is 9.94. The summed E-state index contributed by atoms with van der Waals surface area (Å²) < 4.78 is 81.6. The minimum Gasteiger partial charge on any atom is -0.492 e. The van der Waals surface area contributed by atoms with E-state index in [4.69, 9.17) is 0 Å². The molecule has 0 atom stereocenters. The van der Waals surface area contributed by atoms with Gasteiger partial charge < -0.3 is 15.7 Å². The van der Waals surface area contributed by atoms with Crippen LogP contribution in [0.1, 0.15) is 27.1 Å². The summed E-state index contributed by atoms with van der Waals surface area (Å²) in [6, 6.07) is 6.36. The monoisotopic (exact) mass is 596 g/mol. The molecule has 2 aromatic carbocycles. The standard InChI is InChI=1S/C26H22F6N6O2S/c27-25(28,29)17-3-1-15(19(11-17)26(30,31)32)10-18(14-2-4-20-16(9-14)12-35-37-20)22-23(40)36-24(41-22)34-6-8-38-7-5-33-21(39)13-38/h1-4,9,11-12,40H,5-8,10,13H2,(H,33,39)(H,34,36). The zero-order valence-electron chi connectivity index (χ0n) is 21.1.